The third-order valence-corrected chi connectivity index (χ3v) is 2.69. The second kappa shape index (κ2) is 4.27. The number of amides is 1. The van der Waals surface area contributed by atoms with Crippen molar-refractivity contribution in [3.05, 3.63) is 30.3 Å². The van der Waals surface area contributed by atoms with Gasteiger partial charge < -0.3 is 5.32 Å². The Labute approximate surface area is 84.3 Å². The SMILES string of the molecule is O=C(Nc1[c]cccc1)C1CCCC1. The molecule has 2 heteroatoms. The number of carbonyl (C=O) groups excluding carboxylic acids is 1. The second-order valence-electron chi connectivity index (χ2n) is 3.75. The summed E-state index contributed by atoms with van der Waals surface area (Å²) in [5.74, 6) is 0.383. The Morgan fingerprint density at radius 2 is 2.14 bits per heavy atom. The second-order valence-corrected chi connectivity index (χ2v) is 3.75. The standard InChI is InChI=1S/C12H14NO/c14-12(10-6-4-5-7-10)13-11-8-2-1-3-9-11/h1-3,8,10H,4-7H2,(H,13,14). The van der Waals surface area contributed by atoms with Crippen LogP contribution in [0.5, 0.6) is 0 Å². The van der Waals surface area contributed by atoms with E-state index in [1.807, 2.05) is 24.3 Å². The van der Waals surface area contributed by atoms with Gasteiger partial charge in [0.2, 0.25) is 5.91 Å². The Bertz CT molecular complexity index is 301. The molecule has 1 aromatic rings. The van der Waals surface area contributed by atoms with Gasteiger partial charge in [0.05, 0.1) is 0 Å². The molecule has 0 aliphatic heterocycles. The summed E-state index contributed by atoms with van der Waals surface area (Å²) < 4.78 is 0. The van der Waals surface area contributed by atoms with Crippen LogP contribution in [0, 0.1) is 12.0 Å². The van der Waals surface area contributed by atoms with Crippen molar-refractivity contribution in [1.82, 2.24) is 0 Å². The highest BCUT2D eigenvalue weighted by atomic mass is 16.1. The summed E-state index contributed by atoms with van der Waals surface area (Å²) in [5.41, 5.74) is 0.782. The topological polar surface area (TPSA) is 29.1 Å². The van der Waals surface area contributed by atoms with Gasteiger partial charge in [-0.1, -0.05) is 31.0 Å². The molecule has 0 aromatic heterocycles. The molecule has 0 bridgehead atoms. The molecule has 1 radical (unpaired) electrons. The molecule has 0 saturated heterocycles. The number of carbonyl (C=O) groups is 1. The van der Waals surface area contributed by atoms with Gasteiger partial charge in [-0.3, -0.25) is 4.79 Å². The van der Waals surface area contributed by atoms with Crippen molar-refractivity contribution < 1.29 is 4.79 Å². The Balaban J connectivity index is 1.94. The van der Waals surface area contributed by atoms with Crippen LogP contribution in [-0.4, -0.2) is 5.91 Å². The van der Waals surface area contributed by atoms with E-state index < -0.39 is 0 Å². The van der Waals surface area contributed by atoms with Gasteiger partial charge in [0.25, 0.3) is 0 Å². The van der Waals surface area contributed by atoms with Gasteiger partial charge in [0.1, 0.15) is 0 Å². The van der Waals surface area contributed by atoms with Crippen LogP contribution in [0.1, 0.15) is 25.7 Å². The van der Waals surface area contributed by atoms with Gasteiger partial charge in [-0.05, 0) is 18.9 Å². The van der Waals surface area contributed by atoms with Crippen molar-refractivity contribution in [3.8, 4) is 0 Å². The first-order valence-corrected chi connectivity index (χ1v) is 5.14. The van der Waals surface area contributed by atoms with Crippen molar-refractivity contribution in [3.63, 3.8) is 0 Å². The highest BCUT2D eigenvalue weighted by molar-refractivity contribution is 5.92. The molecular weight excluding hydrogens is 174 g/mol. The van der Waals surface area contributed by atoms with Gasteiger partial charge in [-0.25, -0.2) is 0 Å². The van der Waals surface area contributed by atoms with E-state index >= 15 is 0 Å². The molecule has 73 valence electrons. The number of anilines is 1. The smallest absolute Gasteiger partial charge is 0.227 e. The normalized spacial score (nSPS) is 16.9. The summed E-state index contributed by atoms with van der Waals surface area (Å²) in [7, 11) is 0. The fourth-order valence-electron chi connectivity index (χ4n) is 1.89. The van der Waals surface area contributed by atoms with Crippen molar-refractivity contribution >= 4 is 11.6 Å². The zero-order valence-electron chi connectivity index (χ0n) is 8.12. The molecule has 2 rings (SSSR count). The summed E-state index contributed by atoms with van der Waals surface area (Å²) in [6.07, 6.45) is 4.46. The Kier molecular flexibility index (Phi) is 2.82. The summed E-state index contributed by atoms with van der Waals surface area (Å²) in [4.78, 5) is 11.7. The highest BCUT2D eigenvalue weighted by Gasteiger charge is 2.22. The molecule has 14 heavy (non-hydrogen) atoms. The highest BCUT2D eigenvalue weighted by Crippen LogP contribution is 2.25. The molecule has 0 atom stereocenters. The summed E-state index contributed by atoms with van der Waals surface area (Å²) >= 11 is 0. The number of rotatable bonds is 2. The zero-order valence-corrected chi connectivity index (χ0v) is 8.12. The molecule has 1 aliphatic carbocycles. The van der Waals surface area contributed by atoms with Crippen LogP contribution in [-0.2, 0) is 4.79 Å². The fourth-order valence-corrected chi connectivity index (χ4v) is 1.89. The lowest BCUT2D eigenvalue weighted by molar-refractivity contribution is -0.119. The minimum absolute atomic E-state index is 0.157. The lowest BCUT2D eigenvalue weighted by Crippen LogP contribution is -2.20. The lowest BCUT2D eigenvalue weighted by atomic mass is 10.1. The summed E-state index contributed by atoms with van der Waals surface area (Å²) in [6.45, 7) is 0. The van der Waals surface area contributed by atoms with E-state index in [2.05, 4.69) is 11.4 Å². The molecule has 1 aliphatic rings. The van der Waals surface area contributed by atoms with Crippen molar-refractivity contribution in [2.75, 3.05) is 5.32 Å². The van der Waals surface area contributed by atoms with Crippen LogP contribution in [0.4, 0.5) is 5.69 Å². The van der Waals surface area contributed by atoms with E-state index in [9.17, 15) is 4.79 Å². The molecule has 1 N–H and O–H groups in total. The number of para-hydroxylation sites is 1. The van der Waals surface area contributed by atoms with Gasteiger partial charge in [0, 0.05) is 17.7 Å². The average molecular weight is 188 g/mol. The first-order chi connectivity index (χ1) is 6.86. The number of nitrogens with one attached hydrogen (secondary N) is 1. The van der Waals surface area contributed by atoms with Crippen molar-refractivity contribution in [1.29, 1.82) is 0 Å². The molecule has 1 fully saturated rings. The third kappa shape index (κ3) is 2.13. The van der Waals surface area contributed by atoms with E-state index in [0.29, 0.717) is 0 Å². The number of hydrogen-bond acceptors (Lipinski definition) is 1. The van der Waals surface area contributed by atoms with Crippen LogP contribution in [0.3, 0.4) is 0 Å². The Hall–Kier alpha value is -1.31. The fraction of sp³-hybridized carbons (Fsp3) is 0.417. The first kappa shape index (κ1) is 9.25. The van der Waals surface area contributed by atoms with Gasteiger partial charge >= 0.3 is 0 Å². The van der Waals surface area contributed by atoms with Crippen molar-refractivity contribution in [2.24, 2.45) is 5.92 Å². The van der Waals surface area contributed by atoms with Gasteiger partial charge in [-0.2, -0.15) is 0 Å². The molecule has 1 aromatic carbocycles. The zero-order chi connectivity index (χ0) is 9.80. The maximum absolute atomic E-state index is 11.7. The molecule has 1 amide bonds. The molecule has 0 heterocycles. The first-order valence-electron chi connectivity index (χ1n) is 5.14. The average Bonchev–Trinajstić information content (AvgIpc) is 2.72. The third-order valence-electron chi connectivity index (χ3n) is 2.69. The maximum Gasteiger partial charge on any atom is 0.227 e. The van der Waals surface area contributed by atoms with E-state index in [1.54, 1.807) is 0 Å². The molecule has 0 spiro atoms. The van der Waals surface area contributed by atoms with Crippen LogP contribution in [0.2, 0.25) is 0 Å². The van der Waals surface area contributed by atoms with Gasteiger partial charge in [-0.15, -0.1) is 0 Å². The molecule has 0 unspecified atom stereocenters. The minimum atomic E-state index is 0.157. The van der Waals surface area contributed by atoms with Gasteiger partial charge in [0.15, 0.2) is 0 Å². The maximum atomic E-state index is 11.7. The Morgan fingerprint density at radius 3 is 2.79 bits per heavy atom. The monoisotopic (exact) mass is 188 g/mol. The quantitative estimate of drug-likeness (QED) is 0.759. The lowest BCUT2D eigenvalue weighted by Gasteiger charge is -2.09. The number of hydrogen-bond donors (Lipinski definition) is 1. The van der Waals surface area contributed by atoms with Crippen molar-refractivity contribution in [2.45, 2.75) is 25.7 Å². The predicted octanol–water partition coefficient (Wildman–Crippen LogP) is 2.62. The van der Waals surface area contributed by atoms with Crippen LogP contribution < -0.4 is 5.32 Å². The van der Waals surface area contributed by atoms with Crippen LogP contribution >= 0.6 is 0 Å². The van der Waals surface area contributed by atoms with Crippen LogP contribution in [0.25, 0.3) is 0 Å². The predicted molar refractivity (Wildman–Crippen MR) is 55.9 cm³/mol. The Morgan fingerprint density at radius 1 is 1.36 bits per heavy atom. The molecule has 1 saturated carbocycles. The summed E-state index contributed by atoms with van der Waals surface area (Å²) in [5, 5.41) is 2.89. The molecule has 2 nitrogen and oxygen atoms in total. The minimum Gasteiger partial charge on any atom is -0.325 e. The van der Waals surface area contributed by atoms with E-state index in [-0.39, 0.29) is 11.8 Å². The number of benzene rings is 1. The molecular formula is C12H14NO. The van der Waals surface area contributed by atoms with E-state index in [4.69, 9.17) is 0 Å². The van der Waals surface area contributed by atoms with Crippen LogP contribution in [0.15, 0.2) is 24.3 Å². The van der Waals surface area contributed by atoms with E-state index in [0.717, 1.165) is 18.5 Å². The summed E-state index contributed by atoms with van der Waals surface area (Å²) in [6, 6.07) is 10.5. The largest absolute Gasteiger partial charge is 0.325 e. The van der Waals surface area contributed by atoms with E-state index in [1.165, 1.54) is 12.8 Å².